The van der Waals surface area contributed by atoms with Gasteiger partial charge in [0.15, 0.2) is 12.3 Å². The van der Waals surface area contributed by atoms with Crippen molar-refractivity contribution in [1.29, 1.82) is 0 Å². The van der Waals surface area contributed by atoms with Crippen molar-refractivity contribution in [3.63, 3.8) is 0 Å². The van der Waals surface area contributed by atoms with Gasteiger partial charge in [-0.1, -0.05) is 34.1 Å². The van der Waals surface area contributed by atoms with Crippen LogP contribution in [0.1, 0.15) is 11.1 Å². The third-order valence-corrected chi connectivity index (χ3v) is 4.24. The van der Waals surface area contributed by atoms with Crippen molar-refractivity contribution >= 4 is 38.4 Å². The summed E-state index contributed by atoms with van der Waals surface area (Å²) in [6, 6.07) is 11.0. The first-order valence-corrected chi connectivity index (χ1v) is 8.39. The quantitative estimate of drug-likeness (QED) is 0.606. The first-order chi connectivity index (χ1) is 12.0. The van der Waals surface area contributed by atoms with E-state index in [0.717, 1.165) is 26.5 Å². The SMILES string of the molecule is Cc1ccc(C)c2c(N=NC(=O)COc3cccc(Br)c3)c(O)[nH]c12. The predicted molar refractivity (Wildman–Crippen MR) is 98.6 cm³/mol. The van der Waals surface area contributed by atoms with Crippen LogP contribution >= 0.6 is 15.9 Å². The van der Waals surface area contributed by atoms with Gasteiger partial charge < -0.3 is 14.8 Å². The Kier molecular flexibility index (Phi) is 4.85. The van der Waals surface area contributed by atoms with E-state index in [9.17, 15) is 9.90 Å². The van der Waals surface area contributed by atoms with Gasteiger partial charge in [-0.15, -0.1) is 10.2 Å². The third kappa shape index (κ3) is 3.71. The number of ether oxygens (including phenoxy) is 1. The topological polar surface area (TPSA) is 87.0 Å². The summed E-state index contributed by atoms with van der Waals surface area (Å²) in [4.78, 5) is 14.8. The molecule has 0 aliphatic carbocycles. The van der Waals surface area contributed by atoms with E-state index >= 15 is 0 Å². The van der Waals surface area contributed by atoms with E-state index in [2.05, 4.69) is 31.1 Å². The summed E-state index contributed by atoms with van der Waals surface area (Å²) in [6.45, 7) is 3.60. The Balaban J connectivity index is 1.78. The fraction of sp³-hybridized carbons (Fsp3) is 0.167. The van der Waals surface area contributed by atoms with Crippen LogP contribution in [0, 0.1) is 13.8 Å². The number of fused-ring (bicyclic) bond motifs is 1. The predicted octanol–water partition coefficient (Wildman–Crippen LogP) is 4.94. The standard InChI is InChI=1S/C18H16BrN3O3/c1-10-6-7-11(2)16-15(10)17(18(24)20-16)22-21-14(23)9-25-13-5-3-4-12(19)8-13/h3-8,20,24H,9H2,1-2H3. The Bertz CT molecular complexity index is 979. The third-order valence-electron chi connectivity index (χ3n) is 3.75. The number of aromatic nitrogens is 1. The number of halogens is 1. The van der Waals surface area contributed by atoms with Gasteiger partial charge >= 0.3 is 5.91 Å². The molecule has 0 saturated carbocycles. The highest BCUT2D eigenvalue weighted by molar-refractivity contribution is 9.10. The van der Waals surface area contributed by atoms with Gasteiger partial charge in [0.2, 0.25) is 5.88 Å². The van der Waals surface area contributed by atoms with Crippen LogP contribution in [0.4, 0.5) is 5.69 Å². The maximum absolute atomic E-state index is 11.9. The number of H-pyrrole nitrogens is 1. The second kappa shape index (κ2) is 7.06. The average Bonchev–Trinajstić information content (AvgIpc) is 2.92. The maximum atomic E-state index is 11.9. The lowest BCUT2D eigenvalue weighted by Gasteiger charge is -2.03. The van der Waals surface area contributed by atoms with Crippen molar-refractivity contribution in [2.24, 2.45) is 10.2 Å². The van der Waals surface area contributed by atoms with Crippen molar-refractivity contribution in [3.05, 3.63) is 52.0 Å². The summed E-state index contributed by atoms with van der Waals surface area (Å²) < 4.78 is 6.23. The van der Waals surface area contributed by atoms with Crippen LogP contribution in [0.5, 0.6) is 11.6 Å². The molecule has 6 nitrogen and oxygen atoms in total. The first kappa shape index (κ1) is 17.2. The van der Waals surface area contributed by atoms with Crippen LogP contribution in [0.25, 0.3) is 10.9 Å². The molecule has 1 heterocycles. The monoisotopic (exact) mass is 401 g/mol. The summed E-state index contributed by atoms with van der Waals surface area (Å²) in [7, 11) is 0. The van der Waals surface area contributed by atoms with E-state index in [4.69, 9.17) is 4.74 Å². The minimum atomic E-state index is -0.543. The Morgan fingerprint density at radius 2 is 2.00 bits per heavy atom. The van der Waals surface area contributed by atoms with Crippen LogP contribution in [-0.4, -0.2) is 22.6 Å². The summed E-state index contributed by atoms with van der Waals surface area (Å²) >= 11 is 3.33. The van der Waals surface area contributed by atoms with Crippen molar-refractivity contribution in [1.82, 2.24) is 4.98 Å². The molecule has 3 rings (SSSR count). The zero-order chi connectivity index (χ0) is 18.0. The number of aromatic hydroxyl groups is 1. The van der Waals surface area contributed by atoms with Crippen molar-refractivity contribution < 1.29 is 14.6 Å². The summed E-state index contributed by atoms with van der Waals surface area (Å²) in [5.74, 6) is -0.102. The van der Waals surface area contributed by atoms with E-state index in [-0.39, 0.29) is 18.2 Å². The Hall–Kier alpha value is -2.67. The Labute approximate surface area is 152 Å². The van der Waals surface area contributed by atoms with Gasteiger partial charge in [0.25, 0.3) is 0 Å². The molecule has 0 aliphatic heterocycles. The van der Waals surface area contributed by atoms with Gasteiger partial charge in [0, 0.05) is 9.86 Å². The van der Waals surface area contributed by atoms with E-state index in [1.165, 1.54) is 0 Å². The molecule has 0 radical (unpaired) electrons. The number of nitrogens with zero attached hydrogens (tertiary/aromatic N) is 2. The molecule has 7 heteroatoms. The number of hydrogen-bond donors (Lipinski definition) is 2. The molecule has 0 atom stereocenters. The van der Waals surface area contributed by atoms with E-state index in [1.807, 2.05) is 32.0 Å². The molecular formula is C18H16BrN3O3. The van der Waals surface area contributed by atoms with Gasteiger partial charge in [-0.2, -0.15) is 0 Å². The average molecular weight is 402 g/mol. The molecule has 3 aromatic rings. The molecule has 2 aromatic carbocycles. The zero-order valence-corrected chi connectivity index (χ0v) is 15.3. The number of benzene rings is 2. The molecule has 0 fully saturated rings. The van der Waals surface area contributed by atoms with Gasteiger partial charge in [-0.3, -0.25) is 4.79 Å². The number of rotatable bonds is 4. The van der Waals surface area contributed by atoms with Crippen LogP contribution in [0.3, 0.4) is 0 Å². The van der Waals surface area contributed by atoms with E-state index < -0.39 is 5.91 Å². The molecule has 1 amide bonds. The minimum Gasteiger partial charge on any atom is -0.493 e. The summed E-state index contributed by atoms with van der Waals surface area (Å²) in [6.07, 6.45) is 0. The van der Waals surface area contributed by atoms with Gasteiger partial charge in [0.05, 0.1) is 5.52 Å². The number of nitrogens with one attached hydrogen (secondary N) is 1. The second-order valence-electron chi connectivity index (χ2n) is 5.61. The van der Waals surface area contributed by atoms with E-state index in [1.54, 1.807) is 18.2 Å². The van der Waals surface area contributed by atoms with Crippen LogP contribution in [-0.2, 0) is 4.79 Å². The molecule has 0 unspecified atom stereocenters. The normalized spacial score (nSPS) is 11.3. The molecule has 0 bridgehead atoms. The maximum Gasteiger partial charge on any atom is 0.302 e. The van der Waals surface area contributed by atoms with Gasteiger partial charge in [0.1, 0.15) is 5.75 Å². The number of aromatic amines is 1. The number of aryl methyl sites for hydroxylation is 2. The molecule has 2 N–H and O–H groups in total. The molecule has 0 spiro atoms. The van der Waals surface area contributed by atoms with Crippen molar-refractivity contribution in [2.45, 2.75) is 13.8 Å². The highest BCUT2D eigenvalue weighted by atomic mass is 79.9. The lowest BCUT2D eigenvalue weighted by atomic mass is 10.1. The van der Waals surface area contributed by atoms with Crippen LogP contribution < -0.4 is 4.74 Å². The number of hydrogen-bond acceptors (Lipinski definition) is 4. The smallest absolute Gasteiger partial charge is 0.302 e. The number of carbonyl (C=O) groups excluding carboxylic acids is 1. The summed E-state index contributed by atoms with van der Waals surface area (Å²) in [5.41, 5.74) is 2.95. The number of amides is 1. The fourth-order valence-electron chi connectivity index (χ4n) is 2.51. The fourth-order valence-corrected chi connectivity index (χ4v) is 2.89. The minimum absolute atomic E-state index is 0.114. The molecule has 25 heavy (non-hydrogen) atoms. The summed E-state index contributed by atoms with van der Waals surface area (Å²) in [5, 5.41) is 18.4. The van der Waals surface area contributed by atoms with Crippen LogP contribution in [0.15, 0.2) is 51.1 Å². The first-order valence-electron chi connectivity index (χ1n) is 7.59. The largest absolute Gasteiger partial charge is 0.493 e. The molecule has 0 aliphatic rings. The number of azo groups is 1. The highest BCUT2D eigenvalue weighted by Gasteiger charge is 2.14. The molecule has 1 aromatic heterocycles. The van der Waals surface area contributed by atoms with Crippen molar-refractivity contribution in [3.8, 4) is 11.6 Å². The Morgan fingerprint density at radius 3 is 2.76 bits per heavy atom. The lowest BCUT2D eigenvalue weighted by molar-refractivity contribution is -0.120. The van der Waals surface area contributed by atoms with E-state index in [0.29, 0.717) is 5.75 Å². The van der Waals surface area contributed by atoms with Gasteiger partial charge in [-0.25, -0.2) is 0 Å². The molecule has 0 saturated heterocycles. The highest BCUT2D eigenvalue weighted by Crippen LogP contribution is 2.38. The number of carbonyl (C=O) groups is 1. The molecule has 128 valence electrons. The van der Waals surface area contributed by atoms with Crippen molar-refractivity contribution in [2.75, 3.05) is 6.61 Å². The zero-order valence-electron chi connectivity index (χ0n) is 13.7. The lowest BCUT2D eigenvalue weighted by Crippen LogP contribution is -2.07. The molecular weight excluding hydrogens is 386 g/mol. The van der Waals surface area contributed by atoms with Gasteiger partial charge in [-0.05, 0) is 43.2 Å². The van der Waals surface area contributed by atoms with Crippen LogP contribution in [0.2, 0.25) is 0 Å². The second-order valence-corrected chi connectivity index (χ2v) is 6.53. The Morgan fingerprint density at radius 1 is 1.24 bits per heavy atom.